The molecular weight excluding hydrogens is 251 g/mol. The summed E-state index contributed by atoms with van der Waals surface area (Å²) in [6.07, 6.45) is 0.303. The Hall–Kier alpha value is -1.91. The van der Waals surface area contributed by atoms with Crippen LogP contribution in [-0.4, -0.2) is 23.5 Å². The number of halogens is 1. The van der Waals surface area contributed by atoms with Gasteiger partial charge >= 0.3 is 5.97 Å². The van der Waals surface area contributed by atoms with Crippen molar-refractivity contribution in [3.63, 3.8) is 0 Å². The summed E-state index contributed by atoms with van der Waals surface area (Å²) in [5.74, 6) is -2.42. The summed E-state index contributed by atoms with van der Waals surface area (Å²) in [4.78, 5) is 22.9. The van der Waals surface area contributed by atoms with Gasteiger partial charge in [0.1, 0.15) is 11.6 Å². The van der Waals surface area contributed by atoms with Gasteiger partial charge in [-0.3, -0.25) is 9.59 Å². The van der Waals surface area contributed by atoms with Crippen LogP contribution in [0.2, 0.25) is 0 Å². The van der Waals surface area contributed by atoms with E-state index in [-0.39, 0.29) is 35.5 Å². The zero-order valence-corrected chi connectivity index (χ0v) is 10.4. The largest absolute Gasteiger partial charge is 0.492 e. The minimum Gasteiger partial charge on any atom is -0.492 e. The summed E-state index contributed by atoms with van der Waals surface area (Å²) in [6.45, 7) is 1.96. The van der Waals surface area contributed by atoms with Crippen molar-refractivity contribution < 1.29 is 23.8 Å². The Bertz CT molecular complexity index is 581. The molecule has 1 heterocycles. The van der Waals surface area contributed by atoms with Crippen molar-refractivity contribution in [3.8, 4) is 5.75 Å². The fourth-order valence-electron chi connectivity index (χ4n) is 2.94. The van der Waals surface area contributed by atoms with Crippen molar-refractivity contribution in [3.05, 3.63) is 29.1 Å². The Morgan fingerprint density at radius 1 is 1.47 bits per heavy atom. The molecule has 19 heavy (non-hydrogen) atoms. The Morgan fingerprint density at radius 3 is 2.84 bits per heavy atom. The molecule has 1 aromatic carbocycles. The van der Waals surface area contributed by atoms with E-state index in [4.69, 9.17) is 9.84 Å². The summed E-state index contributed by atoms with van der Waals surface area (Å²) in [5.41, 5.74) is 0.622. The van der Waals surface area contributed by atoms with Gasteiger partial charge in [0.05, 0.1) is 18.1 Å². The van der Waals surface area contributed by atoms with E-state index in [1.54, 1.807) is 6.92 Å². The number of carbonyl (C=O) groups excluding carboxylic acids is 1. The number of benzene rings is 1. The second-order valence-electron chi connectivity index (χ2n) is 4.98. The number of hydrogen-bond donors (Lipinski definition) is 1. The zero-order valence-electron chi connectivity index (χ0n) is 10.4. The number of carboxylic acid groups (broad SMARTS) is 1. The molecular formula is C14H13FO4. The Labute approximate surface area is 109 Å². The third kappa shape index (κ3) is 1.64. The second kappa shape index (κ2) is 4.05. The van der Waals surface area contributed by atoms with Crippen LogP contribution in [0.3, 0.4) is 0 Å². The van der Waals surface area contributed by atoms with Crippen molar-refractivity contribution in [1.82, 2.24) is 0 Å². The third-order valence-corrected chi connectivity index (χ3v) is 3.97. The van der Waals surface area contributed by atoms with Crippen molar-refractivity contribution in [2.75, 3.05) is 6.61 Å². The number of fused-ring (bicyclic) bond motifs is 3. The number of carboxylic acids is 1. The molecule has 3 rings (SSSR count). The molecule has 1 unspecified atom stereocenters. The van der Waals surface area contributed by atoms with E-state index in [2.05, 4.69) is 0 Å². The molecule has 0 aromatic heterocycles. The smallest absolute Gasteiger partial charge is 0.307 e. The monoisotopic (exact) mass is 264 g/mol. The molecule has 0 spiro atoms. The van der Waals surface area contributed by atoms with Gasteiger partial charge in [-0.1, -0.05) is 6.92 Å². The second-order valence-corrected chi connectivity index (χ2v) is 4.98. The van der Waals surface area contributed by atoms with Gasteiger partial charge in [0.2, 0.25) is 0 Å². The Balaban J connectivity index is 2.10. The maximum absolute atomic E-state index is 13.9. The average molecular weight is 264 g/mol. The van der Waals surface area contributed by atoms with Gasteiger partial charge in [-0.15, -0.1) is 0 Å². The molecule has 0 bridgehead atoms. The van der Waals surface area contributed by atoms with Gasteiger partial charge in [0.25, 0.3) is 0 Å². The number of rotatable bonds is 3. The molecule has 5 heteroatoms. The fourth-order valence-corrected chi connectivity index (χ4v) is 2.94. The van der Waals surface area contributed by atoms with E-state index in [0.29, 0.717) is 12.0 Å². The quantitative estimate of drug-likeness (QED) is 0.850. The molecule has 1 aliphatic heterocycles. The van der Waals surface area contributed by atoms with Crippen molar-refractivity contribution in [2.24, 2.45) is 11.8 Å². The molecule has 3 atom stereocenters. The van der Waals surface area contributed by atoms with Crippen LogP contribution in [0, 0.1) is 17.7 Å². The maximum atomic E-state index is 13.9. The lowest BCUT2D eigenvalue weighted by Gasteiger charge is -2.19. The first kappa shape index (κ1) is 12.1. The lowest BCUT2D eigenvalue weighted by molar-refractivity contribution is -0.139. The standard InChI is InChI=1S/C14H13FO4/c1-2-9(16)6-3-4-8(15)12-10-7(5-19-13(6)12)11(10)14(17)18/h3-4,7,10-11H,2,5H2,1H3,(H,17,18)/t7?,10-,11+/m0/s1. The van der Waals surface area contributed by atoms with Crippen molar-refractivity contribution in [1.29, 1.82) is 0 Å². The molecule has 100 valence electrons. The first-order chi connectivity index (χ1) is 9.06. The van der Waals surface area contributed by atoms with Crippen LogP contribution < -0.4 is 4.74 Å². The highest BCUT2D eigenvalue weighted by molar-refractivity contribution is 5.99. The topological polar surface area (TPSA) is 63.6 Å². The van der Waals surface area contributed by atoms with Crippen molar-refractivity contribution >= 4 is 11.8 Å². The minimum absolute atomic E-state index is 0.123. The SMILES string of the molecule is CCC(=O)c1ccc(F)c2c1OCC1[C@@H](C(=O)O)[C@@H]21. The first-order valence-electron chi connectivity index (χ1n) is 6.27. The first-order valence-corrected chi connectivity index (χ1v) is 6.27. The lowest BCUT2D eigenvalue weighted by Crippen LogP contribution is -2.14. The van der Waals surface area contributed by atoms with Gasteiger partial charge in [-0.2, -0.15) is 0 Å². The molecule has 1 saturated carbocycles. The third-order valence-electron chi connectivity index (χ3n) is 3.97. The molecule has 1 fully saturated rings. The van der Waals surface area contributed by atoms with Crippen LogP contribution in [0.4, 0.5) is 4.39 Å². The molecule has 0 saturated heterocycles. The highest BCUT2D eigenvalue weighted by Crippen LogP contribution is 2.60. The summed E-state index contributed by atoms with van der Waals surface area (Å²) >= 11 is 0. The van der Waals surface area contributed by atoms with Gasteiger partial charge in [0, 0.05) is 23.8 Å². The number of aliphatic carboxylic acids is 1. The van der Waals surface area contributed by atoms with Gasteiger partial charge in [-0.25, -0.2) is 4.39 Å². The summed E-state index contributed by atoms with van der Waals surface area (Å²) in [6, 6.07) is 2.64. The zero-order chi connectivity index (χ0) is 13.7. The van der Waals surface area contributed by atoms with E-state index >= 15 is 0 Å². The predicted molar refractivity (Wildman–Crippen MR) is 63.9 cm³/mol. The van der Waals surface area contributed by atoms with Crippen molar-refractivity contribution in [2.45, 2.75) is 19.3 Å². The molecule has 2 aliphatic rings. The predicted octanol–water partition coefficient (Wildman–Crippen LogP) is 2.22. The van der Waals surface area contributed by atoms with E-state index < -0.39 is 17.7 Å². The van der Waals surface area contributed by atoms with Crippen LogP contribution in [0.1, 0.15) is 35.2 Å². The van der Waals surface area contributed by atoms with E-state index in [0.717, 1.165) is 0 Å². The van der Waals surface area contributed by atoms with Gasteiger partial charge in [-0.05, 0) is 12.1 Å². The lowest BCUT2D eigenvalue weighted by atomic mass is 9.97. The number of Topliss-reactive ketones (excluding diaryl/α,β-unsaturated/α-hetero) is 1. The number of carbonyl (C=O) groups is 2. The molecule has 4 nitrogen and oxygen atoms in total. The molecule has 1 N–H and O–H groups in total. The Kier molecular flexibility index (Phi) is 2.59. The minimum atomic E-state index is -0.932. The average Bonchev–Trinajstić information content (AvgIpc) is 3.12. The molecule has 0 radical (unpaired) electrons. The summed E-state index contributed by atoms with van der Waals surface area (Å²) in [5, 5.41) is 9.08. The molecule has 1 aliphatic carbocycles. The van der Waals surface area contributed by atoms with Gasteiger partial charge < -0.3 is 9.84 Å². The van der Waals surface area contributed by atoms with Crippen LogP contribution in [-0.2, 0) is 4.79 Å². The highest BCUT2D eigenvalue weighted by Gasteiger charge is 2.60. The van der Waals surface area contributed by atoms with Crippen LogP contribution in [0.25, 0.3) is 0 Å². The van der Waals surface area contributed by atoms with E-state index in [1.807, 2.05) is 0 Å². The number of hydrogen-bond acceptors (Lipinski definition) is 3. The molecule has 1 aromatic rings. The van der Waals surface area contributed by atoms with E-state index in [9.17, 15) is 14.0 Å². The summed E-state index contributed by atoms with van der Waals surface area (Å²) in [7, 11) is 0. The normalized spacial score (nSPS) is 26.9. The van der Waals surface area contributed by atoms with Crippen LogP contribution in [0.15, 0.2) is 12.1 Å². The summed E-state index contributed by atoms with van der Waals surface area (Å²) < 4.78 is 19.4. The molecule has 0 amide bonds. The number of ether oxygens (including phenoxy) is 1. The number of ketones is 1. The highest BCUT2D eigenvalue weighted by atomic mass is 19.1. The van der Waals surface area contributed by atoms with Gasteiger partial charge in [0.15, 0.2) is 5.78 Å². The van der Waals surface area contributed by atoms with E-state index in [1.165, 1.54) is 12.1 Å². The Morgan fingerprint density at radius 2 is 2.21 bits per heavy atom. The van der Waals surface area contributed by atoms with Crippen LogP contribution in [0.5, 0.6) is 5.75 Å². The fraction of sp³-hybridized carbons (Fsp3) is 0.429. The maximum Gasteiger partial charge on any atom is 0.307 e. The van der Waals surface area contributed by atoms with Crippen LogP contribution >= 0.6 is 0 Å².